The van der Waals surface area contributed by atoms with Crippen LogP contribution >= 0.6 is 0 Å². The fourth-order valence-electron chi connectivity index (χ4n) is 3.41. The minimum absolute atomic E-state index is 0.563. The van der Waals surface area contributed by atoms with Crippen molar-refractivity contribution in [2.45, 2.75) is 91.9 Å². The van der Waals surface area contributed by atoms with Crippen molar-refractivity contribution < 1.29 is 0 Å². The molecule has 0 fully saturated rings. The molecule has 1 nitrogen and oxygen atoms in total. The summed E-state index contributed by atoms with van der Waals surface area (Å²) in [6.45, 7) is 9.36. The molecule has 0 aromatic heterocycles. The summed E-state index contributed by atoms with van der Waals surface area (Å²) in [6.07, 6.45) is 14.6. The summed E-state index contributed by atoms with van der Waals surface area (Å²) in [7, 11) is 0. The predicted molar refractivity (Wildman–Crippen MR) is 83.6 cm³/mol. The third-order valence-electron chi connectivity index (χ3n) is 4.58. The first-order valence-electron chi connectivity index (χ1n) is 8.16. The second-order valence-corrected chi connectivity index (χ2v) is 5.97. The van der Waals surface area contributed by atoms with Crippen LogP contribution < -0.4 is 0 Å². The Kier molecular flexibility index (Phi) is 10.4. The molecule has 0 radical (unpaired) electrons. The Hall–Kier alpha value is -0.330. The third-order valence-corrected chi connectivity index (χ3v) is 4.58. The van der Waals surface area contributed by atoms with Crippen molar-refractivity contribution in [2.24, 2.45) is 11.3 Å². The Morgan fingerprint density at radius 2 is 1.78 bits per heavy atom. The van der Waals surface area contributed by atoms with Gasteiger partial charge in [0.15, 0.2) is 0 Å². The minimum atomic E-state index is 0.563. The normalized spacial score (nSPS) is 16.2. The molecule has 18 heavy (non-hydrogen) atoms. The van der Waals surface area contributed by atoms with E-state index in [2.05, 4.69) is 27.7 Å². The van der Waals surface area contributed by atoms with Crippen LogP contribution in [0.2, 0.25) is 0 Å². The van der Waals surface area contributed by atoms with Crippen molar-refractivity contribution in [2.75, 3.05) is 0 Å². The summed E-state index contributed by atoms with van der Waals surface area (Å²) in [5.74, 6) is 0.918. The highest BCUT2D eigenvalue weighted by molar-refractivity contribution is 5.52. The van der Waals surface area contributed by atoms with E-state index in [0.29, 0.717) is 5.41 Å². The summed E-state index contributed by atoms with van der Waals surface area (Å²) >= 11 is 0. The molecule has 0 amide bonds. The molecule has 0 aromatic carbocycles. The van der Waals surface area contributed by atoms with Gasteiger partial charge in [-0.05, 0) is 49.7 Å². The number of hydrogen-bond donors (Lipinski definition) is 1. The van der Waals surface area contributed by atoms with E-state index in [9.17, 15) is 0 Å². The lowest BCUT2D eigenvalue weighted by molar-refractivity contribution is 0.157. The van der Waals surface area contributed by atoms with Gasteiger partial charge in [0, 0.05) is 0 Å². The summed E-state index contributed by atoms with van der Waals surface area (Å²) in [4.78, 5) is 0. The zero-order valence-electron chi connectivity index (χ0n) is 13.2. The number of nitrogens with one attached hydrogen (secondary N) is 1. The molecular formula is C17H35N. The molecule has 0 rings (SSSR count). The maximum atomic E-state index is 7.19. The van der Waals surface area contributed by atoms with Gasteiger partial charge in [0.2, 0.25) is 0 Å². The molecule has 0 aromatic rings. The van der Waals surface area contributed by atoms with E-state index in [4.69, 9.17) is 5.41 Å². The quantitative estimate of drug-likeness (QED) is 0.315. The van der Waals surface area contributed by atoms with Crippen molar-refractivity contribution in [3.63, 3.8) is 0 Å². The molecule has 2 unspecified atom stereocenters. The van der Waals surface area contributed by atoms with E-state index >= 15 is 0 Å². The number of rotatable bonds is 12. The maximum Gasteiger partial charge on any atom is -0.00477 e. The van der Waals surface area contributed by atoms with E-state index < -0.39 is 0 Å². The maximum absolute atomic E-state index is 7.19. The molecule has 0 aliphatic carbocycles. The lowest BCUT2D eigenvalue weighted by atomic mass is 9.69. The van der Waals surface area contributed by atoms with Crippen molar-refractivity contribution in [1.29, 1.82) is 5.41 Å². The minimum Gasteiger partial charge on any atom is -0.313 e. The molecular weight excluding hydrogens is 218 g/mol. The van der Waals surface area contributed by atoms with Crippen LogP contribution in [0, 0.1) is 16.7 Å². The van der Waals surface area contributed by atoms with Crippen LogP contribution in [0.15, 0.2) is 0 Å². The number of hydrogen-bond acceptors (Lipinski definition) is 1. The SMILES string of the molecule is CCCC(CC)CC(CC)(CCC)CCCC=N. The van der Waals surface area contributed by atoms with E-state index in [0.717, 1.165) is 12.3 Å². The van der Waals surface area contributed by atoms with Crippen molar-refractivity contribution in [3.05, 3.63) is 0 Å². The molecule has 1 heteroatoms. The largest absolute Gasteiger partial charge is 0.313 e. The molecule has 0 bridgehead atoms. The van der Waals surface area contributed by atoms with Gasteiger partial charge in [-0.1, -0.05) is 59.8 Å². The third kappa shape index (κ3) is 6.56. The van der Waals surface area contributed by atoms with Crippen LogP contribution in [-0.4, -0.2) is 6.21 Å². The molecule has 0 saturated carbocycles. The van der Waals surface area contributed by atoms with Crippen LogP contribution in [0.1, 0.15) is 91.9 Å². The zero-order valence-corrected chi connectivity index (χ0v) is 13.2. The van der Waals surface area contributed by atoms with Crippen LogP contribution in [0.4, 0.5) is 0 Å². The van der Waals surface area contributed by atoms with E-state index in [1.165, 1.54) is 57.8 Å². The standard InChI is InChI=1S/C17H35N/c1-5-11-16(7-3)15-17(8-4,12-6-2)13-9-10-14-18/h14,16,18H,5-13,15H2,1-4H3. The van der Waals surface area contributed by atoms with Crippen molar-refractivity contribution in [1.82, 2.24) is 0 Å². The molecule has 0 aliphatic heterocycles. The van der Waals surface area contributed by atoms with Crippen LogP contribution in [-0.2, 0) is 0 Å². The van der Waals surface area contributed by atoms with Crippen molar-refractivity contribution >= 4 is 6.21 Å². The highest BCUT2D eigenvalue weighted by atomic mass is 14.4. The lowest BCUT2D eigenvalue weighted by Gasteiger charge is -2.36. The monoisotopic (exact) mass is 253 g/mol. The molecule has 0 saturated heterocycles. The average Bonchev–Trinajstić information content (AvgIpc) is 2.38. The van der Waals surface area contributed by atoms with Gasteiger partial charge in [-0.15, -0.1) is 0 Å². The first-order valence-corrected chi connectivity index (χ1v) is 8.16. The van der Waals surface area contributed by atoms with E-state index in [1.807, 2.05) is 0 Å². The number of unbranched alkanes of at least 4 members (excludes halogenated alkanes) is 1. The Morgan fingerprint density at radius 1 is 1.06 bits per heavy atom. The highest BCUT2D eigenvalue weighted by Gasteiger charge is 2.29. The van der Waals surface area contributed by atoms with E-state index in [-0.39, 0.29) is 0 Å². The Morgan fingerprint density at radius 3 is 2.22 bits per heavy atom. The van der Waals surface area contributed by atoms with Gasteiger partial charge in [-0.25, -0.2) is 0 Å². The average molecular weight is 253 g/mol. The lowest BCUT2D eigenvalue weighted by Crippen LogP contribution is -2.24. The topological polar surface area (TPSA) is 23.9 Å². The summed E-state index contributed by atoms with van der Waals surface area (Å²) in [6, 6.07) is 0. The van der Waals surface area contributed by atoms with Crippen LogP contribution in [0.25, 0.3) is 0 Å². The fraction of sp³-hybridized carbons (Fsp3) is 0.941. The molecule has 0 spiro atoms. The molecule has 2 atom stereocenters. The first-order chi connectivity index (χ1) is 8.67. The fourth-order valence-corrected chi connectivity index (χ4v) is 3.41. The first kappa shape index (κ1) is 17.7. The summed E-state index contributed by atoms with van der Waals surface area (Å²) in [5.41, 5.74) is 0.563. The molecule has 0 aliphatic rings. The van der Waals surface area contributed by atoms with Gasteiger partial charge >= 0.3 is 0 Å². The Labute approximate surface area is 115 Å². The molecule has 108 valence electrons. The Balaban J connectivity index is 4.54. The van der Waals surface area contributed by atoms with E-state index in [1.54, 1.807) is 6.21 Å². The summed E-state index contributed by atoms with van der Waals surface area (Å²) < 4.78 is 0. The van der Waals surface area contributed by atoms with Gasteiger partial charge in [0.1, 0.15) is 0 Å². The van der Waals surface area contributed by atoms with Gasteiger partial charge < -0.3 is 5.41 Å². The Bertz CT molecular complexity index is 200. The predicted octanol–water partition coefficient (Wildman–Crippen LogP) is 6.22. The van der Waals surface area contributed by atoms with Crippen molar-refractivity contribution in [3.8, 4) is 0 Å². The van der Waals surface area contributed by atoms with Gasteiger partial charge in [-0.2, -0.15) is 0 Å². The second-order valence-electron chi connectivity index (χ2n) is 5.97. The molecule has 0 heterocycles. The van der Waals surface area contributed by atoms with Gasteiger partial charge in [0.05, 0.1) is 0 Å². The van der Waals surface area contributed by atoms with Crippen LogP contribution in [0.5, 0.6) is 0 Å². The summed E-state index contributed by atoms with van der Waals surface area (Å²) in [5, 5.41) is 7.19. The zero-order chi connectivity index (χ0) is 13.9. The smallest absolute Gasteiger partial charge is 0.00477 e. The van der Waals surface area contributed by atoms with Crippen LogP contribution in [0.3, 0.4) is 0 Å². The van der Waals surface area contributed by atoms with Gasteiger partial charge in [-0.3, -0.25) is 0 Å². The molecule has 1 N–H and O–H groups in total. The second kappa shape index (κ2) is 10.6. The van der Waals surface area contributed by atoms with Gasteiger partial charge in [0.25, 0.3) is 0 Å². The highest BCUT2D eigenvalue weighted by Crippen LogP contribution is 2.41.